The Morgan fingerprint density at radius 3 is 3.03 bits per heavy atom. The van der Waals surface area contributed by atoms with Crippen LogP contribution >= 0.6 is 11.3 Å². The van der Waals surface area contributed by atoms with Gasteiger partial charge in [0.1, 0.15) is 0 Å². The lowest BCUT2D eigenvalue weighted by atomic mass is 9.97. The van der Waals surface area contributed by atoms with Gasteiger partial charge in [-0.1, -0.05) is 18.2 Å². The van der Waals surface area contributed by atoms with Gasteiger partial charge in [0, 0.05) is 19.0 Å². The summed E-state index contributed by atoms with van der Waals surface area (Å²) in [4.78, 5) is 19.9. The van der Waals surface area contributed by atoms with Gasteiger partial charge < -0.3 is 14.8 Å². The van der Waals surface area contributed by atoms with Gasteiger partial charge in [0.2, 0.25) is 12.7 Å². The number of hydrogen-bond donors (Lipinski definition) is 1. The minimum Gasteiger partial charge on any atom is -0.454 e. The number of rotatable bonds is 5. The molecule has 1 saturated heterocycles. The molecule has 3 heterocycles. The quantitative estimate of drug-likeness (QED) is 0.674. The smallest absolute Gasteiger partial charge is 0.237 e. The second-order valence-electron chi connectivity index (χ2n) is 7.94. The van der Waals surface area contributed by atoms with Crippen LogP contribution in [0.1, 0.15) is 36.3 Å². The molecular weight excluding hydrogens is 398 g/mol. The van der Waals surface area contributed by atoms with Crippen LogP contribution in [0, 0.1) is 0 Å². The van der Waals surface area contributed by atoms with E-state index in [1.807, 2.05) is 31.2 Å². The maximum atomic E-state index is 12.8. The molecule has 2 aromatic carbocycles. The third kappa shape index (κ3) is 3.87. The fraction of sp³-hybridized carbons (Fsp3) is 0.391. The van der Waals surface area contributed by atoms with Crippen molar-refractivity contribution in [2.24, 2.45) is 0 Å². The summed E-state index contributed by atoms with van der Waals surface area (Å²) in [5.74, 6) is 1.94. The first-order chi connectivity index (χ1) is 14.7. The summed E-state index contributed by atoms with van der Waals surface area (Å²) in [5.41, 5.74) is 2.08. The van der Waals surface area contributed by atoms with E-state index in [1.54, 1.807) is 11.3 Å². The van der Waals surface area contributed by atoms with E-state index in [0.717, 1.165) is 48.5 Å². The number of ether oxygens (including phenoxy) is 2. The topological polar surface area (TPSA) is 63.7 Å². The van der Waals surface area contributed by atoms with E-state index >= 15 is 0 Å². The van der Waals surface area contributed by atoms with Gasteiger partial charge in [0.05, 0.1) is 21.3 Å². The molecule has 2 atom stereocenters. The predicted octanol–water partition coefficient (Wildman–Crippen LogP) is 3.91. The van der Waals surface area contributed by atoms with Gasteiger partial charge in [-0.25, -0.2) is 4.98 Å². The Labute approximate surface area is 179 Å². The Morgan fingerprint density at radius 1 is 1.27 bits per heavy atom. The summed E-state index contributed by atoms with van der Waals surface area (Å²) in [6, 6.07) is 13.9. The highest BCUT2D eigenvalue weighted by molar-refractivity contribution is 7.18. The van der Waals surface area contributed by atoms with E-state index in [1.165, 1.54) is 9.71 Å². The maximum Gasteiger partial charge on any atom is 0.237 e. The Balaban J connectivity index is 1.20. The number of carbonyl (C=O) groups is 1. The first-order valence-corrected chi connectivity index (χ1v) is 11.2. The highest BCUT2D eigenvalue weighted by Crippen LogP contribution is 2.34. The molecule has 0 saturated carbocycles. The van der Waals surface area contributed by atoms with Crippen LogP contribution in [0.3, 0.4) is 0 Å². The van der Waals surface area contributed by atoms with Crippen LogP contribution in [-0.2, 0) is 11.3 Å². The molecule has 30 heavy (non-hydrogen) atoms. The SMILES string of the molecule is CC(C(=O)NCc1ccc2c(c1)OCO2)N1CCCC(c2nc3ccccc3s2)C1. The van der Waals surface area contributed by atoms with Crippen LogP contribution in [0.15, 0.2) is 42.5 Å². The van der Waals surface area contributed by atoms with Crippen LogP contribution in [0.4, 0.5) is 0 Å². The fourth-order valence-electron chi connectivity index (χ4n) is 4.18. The molecule has 2 aliphatic rings. The molecule has 0 aliphatic carbocycles. The average molecular weight is 424 g/mol. The monoisotopic (exact) mass is 423 g/mol. The van der Waals surface area contributed by atoms with Gasteiger partial charge in [-0.15, -0.1) is 11.3 Å². The van der Waals surface area contributed by atoms with Crippen molar-refractivity contribution in [1.29, 1.82) is 0 Å². The van der Waals surface area contributed by atoms with Crippen molar-refractivity contribution in [3.63, 3.8) is 0 Å². The van der Waals surface area contributed by atoms with E-state index in [2.05, 4.69) is 28.4 Å². The van der Waals surface area contributed by atoms with Gasteiger partial charge in [-0.3, -0.25) is 9.69 Å². The molecule has 1 N–H and O–H groups in total. The number of carbonyl (C=O) groups excluding carboxylic acids is 1. The molecule has 2 aliphatic heterocycles. The van der Waals surface area contributed by atoms with Crippen LogP contribution in [-0.4, -0.2) is 41.7 Å². The van der Waals surface area contributed by atoms with E-state index < -0.39 is 0 Å². The molecule has 5 rings (SSSR count). The molecule has 2 unspecified atom stereocenters. The van der Waals surface area contributed by atoms with Crippen LogP contribution < -0.4 is 14.8 Å². The van der Waals surface area contributed by atoms with Crippen LogP contribution in [0.2, 0.25) is 0 Å². The molecule has 1 amide bonds. The zero-order valence-electron chi connectivity index (χ0n) is 17.0. The first-order valence-electron chi connectivity index (χ1n) is 10.4. The van der Waals surface area contributed by atoms with Crippen LogP contribution in [0.5, 0.6) is 11.5 Å². The van der Waals surface area contributed by atoms with Crippen molar-refractivity contribution in [2.45, 2.75) is 38.3 Å². The third-order valence-electron chi connectivity index (χ3n) is 5.94. The number of nitrogens with one attached hydrogen (secondary N) is 1. The van der Waals surface area contributed by atoms with Gasteiger partial charge >= 0.3 is 0 Å². The summed E-state index contributed by atoms with van der Waals surface area (Å²) in [7, 11) is 0. The molecule has 1 fully saturated rings. The number of piperidine rings is 1. The molecule has 3 aromatic rings. The molecular formula is C23H25N3O3S. The third-order valence-corrected chi connectivity index (χ3v) is 7.14. The summed E-state index contributed by atoms with van der Waals surface area (Å²) in [5, 5.41) is 4.26. The molecule has 0 spiro atoms. The van der Waals surface area contributed by atoms with Gasteiger partial charge in [0.25, 0.3) is 0 Å². The van der Waals surface area contributed by atoms with Crippen molar-refractivity contribution < 1.29 is 14.3 Å². The van der Waals surface area contributed by atoms with Gasteiger partial charge in [-0.05, 0) is 56.1 Å². The zero-order valence-corrected chi connectivity index (χ0v) is 17.8. The van der Waals surface area contributed by atoms with Crippen molar-refractivity contribution in [3.05, 3.63) is 53.0 Å². The lowest BCUT2D eigenvalue weighted by Crippen LogP contribution is -2.48. The van der Waals surface area contributed by atoms with Crippen molar-refractivity contribution in [1.82, 2.24) is 15.2 Å². The fourth-order valence-corrected chi connectivity index (χ4v) is 5.27. The molecule has 156 valence electrons. The summed E-state index contributed by atoms with van der Waals surface area (Å²) in [6.45, 7) is 4.55. The lowest BCUT2D eigenvalue weighted by molar-refractivity contribution is -0.126. The molecule has 0 bridgehead atoms. The number of likely N-dealkylation sites (tertiary alicyclic amines) is 1. The Bertz CT molecular complexity index is 1030. The molecule has 6 nitrogen and oxygen atoms in total. The molecule has 0 radical (unpaired) electrons. The average Bonchev–Trinajstić information content (AvgIpc) is 3.43. The predicted molar refractivity (Wildman–Crippen MR) is 117 cm³/mol. The van der Waals surface area contributed by atoms with Gasteiger partial charge in [0.15, 0.2) is 11.5 Å². The first kappa shape index (κ1) is 19.3. The highest BCUT2D eigenvalue weighted by Gasteiger charge is 2.29. The number of nitrogens with zero attached hydrogens (tertiary/aromatic N) is 2. The highest BCUT2D eigenvalue weighted by atomic mass is 32.1. The summed E-state index contributed by atoms with van der Waals surface area (Å²) >= 11 is 1.78. The van der Waals surface area contributed by atoms with E-state index in [9.17, 15) is 4.79 Å². The molecule has 7 heteroatoms. The minimum atomic E-state index is -0.170. The Kier molecular flexibility index (Phi) is 5.31. The Hall–Kier alpha value is -2.64. The Morgan fingerprint density at radius 2 is 2.13 bits per heavy atom. The zero-order chi connectivity index (χ0) is 20.5. The number of amides is 1. The van der Waals surface area contributed by atoms with E-state index in [0.29, 0.717) is 12.5 Å². The second-order valence-corrected chi connectivity index (χ2v) is 9.00. The minimum absolute atomic E-state index is 0.0533. The normalized spacial score (nSPS) is 19.7. The molecule has 1 aromatic heterocycles. The number of thiazole rings is 1. The lowest BCUT2D eigenvalue weighted by Gasteiger charge is -2.35. The van der Waals surface area contributed by atoms with E-state index in [-0.39, 0.29) is 18.7 Å². The van der Waals surface area contributed by atoms with E-state index in [4.69, 9.17) is 14.5 Å². The van der Waals surface area contributed by atoms with Crippen molar-refractivity contribution >= 4 is 27.5 Å². The van der Waals surface area contributed by atoms with Gasteiger partial charge in [-0.2, -0.15) is 0 Å². The largest absolute Gasteiger partial charge is 0.454 e. The second kappa shape index (κ2) is 8.24. The number of benzene rings is 2. The van der Waals surface area contributed by atoms with Crippen molar-refractivity contribution in [2.75, 3.05) is 19.9 Å². The summed E-state index contributed by atoms with van der Waals surface area (Å²) in [6.07, 6.45) is 2.21. The number of fused-ring (bicyclic) bond motifs is 2. The van der Waals surface area contributed by atoms with Crippen molar-refractivity contribution in [3.8, 4) is 11.5 Å². The maximum absolute atomic E-state index is 12.8. The number of para-hydroxylation sites is 1. The standard InChI is InChI=1S/C23H25N3O3S/c1-15(22(27)24-12-16-8-9-19-20(11-16)29-14-28-19)26-10-4-5-17(13-26)23-25-18-6-2-3-7-21(18)30-23/h2-3,6-9,11,15,17H,4-5,10,12-14H2,1H3,(H,24,27). The number of hydrogen-bond acceptors (Lipinski definition) is 6. The van der Waals surface area contributed by atoms with Crippen LogP contribution in [0.25, 0.3) is 10.2 Å². The summed E-state index contributed by atoms with van der Waals surface area (Å²) < 4.78 is 12.0. The number of aromatic nitrogens is 1.